The second-order valence-electron chi connectivity index (χ2n) is 7.04. The van der Waals surface area contributed by atoms with E-state index >= 15 is 0 Å². The highest BCUT2D eigenvalue weighted by atomic mass is 35.5. The lowest BCUT2D eigenvalue weighted by molar-refractivity contribution is 0.102. The van der Waals surface area contributed by atoms with Crippen LogP contribution in [0.2, 0.25) is 4.34 Å². The molecule has 6 heteroatoms. The Labute approximate surface area is 194 Å². The number of anilines is 1. The summed E-state index contributed by atoms with van der Waals surface area (Å²) in [6.45, 7) is 0. The number of benzene rings is 3. The van der Waals surface area contributed by atoms with Crippen LogP contribution in [0.25, 0.3) is 21.5 Å². The first-order chi connectivity index (χ1) is 15.7. The number of carbonyl (C=O) groups excluding carboxylic acids is 1. The van der Waals surface area contributed by atoms with Gasteiger partial charge in [-0.05, 0) is 48.5 Å². The molecule has 3 aromatic carbocycles. The lowest BCUT2D eigenvalue weighted by Crippen LogP contribution is -2.13. The molecule has 1 amide bonds. The number of pyridine rings is 1. The van der Waals surface area contributed by atoms with Crippen LogP contribution in [0.4, 0.5) is 5.69 Å². The summed E-state index contributed by atoms with van der Waals surface area (Å²) in [5.74, 6) is 1.02. The number of nitrogens with zero attached hydrogens (tertiary/aromatic N) is 1. The maximum absolute atomic E-state index is 13.4. The van der Waals surface area contributed by atoms with Crippen LogP contribution in [-0.4, -0.2) is 10.9 Å². The van der Waals surface area contributed by atoms with Crippen molar-refractivity contribution in [2.75, 3.05) is 5.32 Å². The van der Waals surface area contributed by atoms with Crippen LogP contribution in [0.3, 0.4) is 0 Å². The fourth-order valence-electron chi connectivity index (χ4n) is 3.41. The van der Waals surface area contributed by atoms with Gasteiger partial charge in [0.25, 0.3) is 5.91 Å². The fourth-order valence-corrected chi connectivity index (χ4v) is 4.41. The normalized spacial score (nSPS) is 10.8. The van der Waals surface area contributed by atoms with Crippen LogP contribution in [0, 0.1) is 0 Å². The van der Waals surface area contributed by atoms with Gasteiger partial charge in [0.15, 0.2) is 5.75 Å². The summed E-state index contributed by atoms with van der Waals surface area (Å²) in [5.41, 5.74) is 2.57. The number of hydrogen-bond donors (Lipinski definition) is 1. The third-order valence-electron chi connectivity index (χ3n) is 4.89. The van der Waals surface area contributed by atoms with Crippen molar-refractivity contribution in [2.24, 2.45) is 0 Å². The largest absolute Gasteiger partial charge is 0.455 e. The molecule has 2 aromatic heterocycles. The summed E-state index contributed by atoms with van der Waals surface area (Å²) in [4.78, 5) is 19.0. The summed E-state index contributed by atoms with van der Waals surface area (Å²) < 4.78 is 6.66. The molecule has 0 radical (unpaired) electrons. The first kappa shape index (κ1) is 20.2. The molecule has 0 atom stereocenters. The number of nitrogens with one attached hydrogen (secondary N) is 1. The van der Waals surface area contributed by atoms with Crippen molar-refractivity contribution in [2.45, 2.75) is 0 Å². The highest BCUT2D eigenvalue weighted by Gasteiger charge is 2.16. The number of halogens is 1. The molecule has 1 N–H and O–H groups in total. The van der Waals surface area contributed by atoms with Gasteiger partial charge in [0.1, 0.15) is 5.75 Å². The Morgan fingerprint density at radius 2 is 1.62 bits per heavy atom. The average molecular weight is 457 g/mol. The van der Waals surface area contributed by atoms with Gasteiger partial charge in [-0.3, -0.25) is 4.79 Å². The van der Waals surface area contributed by atoms with Crippen molar-refractivity contribution < 1.29 is 9.53 Å². The van der Waals surface area contributed by atoms with E-state index in [1.807, 2.05) is 91.0 Å². The standard InChI is InChI=1S/C26H17ClN2O2S/c27-25-15-14-24(32-25)22-16-19(18-10-4-5-11-20(18)28-22)26(30)29-21-12-6-7-13-23(21)31-17-8-2-1-3-9-17/h1-16H,(H,29,30). The summed E-state index contributed by atoms with van der Waals surface area (Å²) in [6.07, 6.45) is 0. The topological polar surface area (TPSA) is 51.2 Å². The van der Waals surface area contributed by atoms with E-state index in [1.165, 1.54) is 11.3 Å². The van der Waals surface area contributed by atoms with Crippen LogP contribution in [0.1, 0.15) is 10.4 Å². The van der Waals surface area contributed by atoms with E-state index in [-0.39, 0.29) is 5.91 Å². The van der Waals surface area contributed by atoms with Crippen molar-refractivity contribution in [1.29, 1.82) is 0 Å². The van der Waals surface area contributed by atoms with Crippen LogP contribution in [0.15, 0.2) is 97.1 Å². The molecule has 0 fully saturated rings. The molecule has 5 aromatic rings. The number of thiophene rings is 1. The summed E-state index contributed by atoms with van der Waals surface area (Å²) in [7, 11) is 0. The molecular formula is C26H17ClN2O2S. The van der Waals surface area contributed by atoms with Gasteiger partial charge in [0.2, 0.25) is 0 Å². The minimum atomic E-state index is -0.239. The second-order valence-corrected chi connectivity index (χ2v) is 8.76. The molecule has 32 heavy (non-hydrogen) atoms. The van der Waals surface area contributed by atoms with Crippen LogP contribution < -0.4 is 10.1 Å². The first-order valence-corrected chi connectivity index (χ1v) is 11.2. The van der Waals surface area contributed by atoms with Crippen LogP contribution in [0.5, 0.6) is 11.5 Å². The van der Waals surface area contributed by atoms with Crippen LogP contribution in [-0.2, 0) is 0 Å². The number of carbonyl (C=O) groups is 1. The molecule has 2 heterocycles. The number of fused-ring (bicyclic) bond motifs is 1. The summed E-state index contributed by atoms with van der Waals surface area (Å²) >= 11 is 7.55. The van der Waals surface area contributed by atoms with E-state index in [4.69, 9.17) is 21.3 Å². The predicted octanol–water partition coefficient (Wildman–Crippen LogP) is 7.66. The minimum absolute atomic E-state index is 0.239. The molecule has 0 saturated heterocycles. The second kappa shape index (κ2) is 8.83. The van der Waals surface area contributed by atoms with E-state index in [2.05, 4.69) is 5.32 Å². The van der Waals surface area contributed by atoms with Gasteiger partial charge in [0.05, 0.1) is 31.7 Å². The molecule has 4 nitrogen and oxygen atoms in total. The zero-order chi connectivity index (χ0) is 21.9. The highest BCUT2D eigenvalue weighted by molar-refractivity contribution is 7.19. The Bertz CT molecular complexity index is 1420. The molecule has 0 aliphatic carbocycles. The molecular weight excluding hydrogens is 440 g/mol. The average Bonchev–Trinajstić information content (AvgIpc) is 3.26. The SMILES string of the molecule is O=C(Nc1ccccc1Oc1ccccc1)c1cc(-c2ccc(Cl)s2)nc2ccccc12. The quantitative estimate of drug-likeness (QED) is 0.295. The molecule has 5 rings (SSSR count). The van der Waals surface area contributed by atoms with E-state index < -0.39 is 0 Å². The number of aromatic nitrogens is 1. The number of amides is 1. The zero-order valence-electron chi connectivity index (χ0n) is 16.8. The first-order valence-electron chi connectivity index (χ1n) is 9.96. The number of para-hydroxylation sites is 4. The van der Waals surface area contributed by atoms with Crippen molar-refractivity contribution in [3.8, 4) is 22.1 Å². The Morgan fingerprint density at radius 1 is 0.875 bits per heavy atom. The smallest absolute Gasteiger partial charge is 0.256 e. The summed E-state index contributed by atoms with van der Waals surface area (Å²) in [6, 6.07) is 30.0. The molecule has 156 valence electrons. The van der Waals surface area contributed by atoms with Gasteiger partial charge in [0, 0.05) is 5.39 Å². The van der Waals surface area contributed by atoms with E-state index in [0.717, 1.165) is 15.8 Å². The fraction of sp³-hybridized carbons (Fsp3) is 0. The molecule has 0 saturated carbocycles. The molecule has 0 aliphatic rings. The van der Waals surface area contributed by atoms with E-state index in [0.29, 0.717) is 32.8 Å². The Morgan fingerprint density at radius 3 is 2.44 bits per heavy atom. The van der Waals surface area contributed by atoms with Crippen molar-refractivity contribution >= 4 is 45.4 Å². The number of rotatable bonds is 5. The lowest BCUT2D eigenvalue weighted by Gasteiger charge is -2.13. The van der Waals surface area contributed by atoms with Gasteiger partial charge in [-0.25, -0.2) is 4.98 Å². The van der Waals surface area contributed by atoms with E-state index in [9.17, 15) is 4.79 Å². The Kier molecular flexibility index (Phi) is 5.58. The van der Waals surface area contributed by atoms with Crippen molar-refractivity contribution in [3.63, 3.8) is 0 Å². The van der Waals surface area contributed by atoms with Crippen molar-refractivity contribution in [3.05, 3.63) is 107 Å². The maximum Gasteiger partial charge on any atom is 0.256 e. The van der Waals surface area contributed by atoms with Crippen molar-refractivity contribution in [1.82, 2.24) is 4.98 Å². The summed E-state index contributed by atoms with van der Waals surface area (Å²) in [5, 5.41) is 3.78. The van der Waals surface area contributed by atoms with Crippen LogP contribution >= 0.6 is 22.9 Å². The minimum Gasteiger partial charge on any atom is -0.455 e. The van der Waals surface area contributed by atoms with Gasteiger partial charge in [-0.2, -0.15) is 0 Å². The highest BCUT2D eigenvalue weighted by Crippen LogP contribution is 2.33. The number of ether oxygens (including phenoxy) is 1. The van der Waals surface area contributed by atoms with Gasteiger partial charge in [-0.15, -0.1) is 11.3 Å². The zero-order valence-corrected chi connectivity index (χ0v) is 18.4. The molecule has 0 bridgehead atoms. The number of hydrogen-bond acceptors (Lipinski definition) is 4. The lowest BCUT2D eigenvalue weighted by atomic mass is 10.1. The molecule has 0 unspecified atom stereocenters. The third-order valence-corrected chi connectivity index (χ3v) is 6.15. The van der Waals surface area contributed by atoms with Gasteiger partial charge >= 0.3 is 0 Å². The van der Waals surface area contributed by atoms with Gasteiger partial charge < -0.3 is 10.1 Å². The maximum atomic E-state index is 13.4. The third kappa shape index (κ3) is 4.21. The predicted molar refractivity (Wildman–Crippen MR) is 131 cm³/mol. The van der Waals surface area contributed by atoms with Gasteiger partial charge in [-0.1, -0.05) is 60.1 Å². The Balaban J connectivity index is 1.52. The Hall–Kier alpha value is -3.67. The van der Waals surface area contributed by atoms with E-state index in [1.54, 1.807) is 6.07 Å². The molecule has 0 aliphatic heterocycles. The monoisotopic (exact) mass is 456 g/mol. The molecule has 0 spiro atoms.